The number of halogens is 3. The van der Waals surface area contributed by atoms with Gasteiger partial charge in [-0.2, -0.15) is 0 Å². The average molecular weight is 230 g/mol. The van der Waals surface area contributed by atoms with E-state index in [0.29, 0.717) is 6.07 Å². The molecule has 0 bridgehead atoms. The summed E-state index contributed by atoms with van der Waals surface area (Å²) in [5.41, 5.74) is -0.134. The van der Waals surface area contributed by atoms with Gasteiger partial charge in [-0.15, -0.1) is 0 Å². The molecule has 1 fully saturated rings. The highest BCUT2D eigenvalue weighted by Gasteiger charge is 2.27. The Morgan fingerprint density at radius 3 is 2.19 bits per heavy atom. The molecule has 1 aromatic carbocycles. The third kappa shape index (κ3) is 2.07. The molecule has 1 N–H and O–H groups in total. The Kier molecular flexibility index (Phi) is 3.19. The van der Waals surface area contributed by atoms with Crippen molar-refractivity contribution in [3.05, 3.63) is 35.1 Å². The molecule has 1 unspecified atom stereocenters. The van der Waals surface area contributed by atoms with Crippen molar-refractivity contribution in [2.45, 2.75) is 31.8 Å². The van der Waals surface area contributed by atoms with Crippen molar-refractivity contribution in [2.24, 2.45) is 5.92 Å². The van der Waals surface area contributed by atoms with Crippen LogP contribution in [-0.4, -0.2) is 5.11 Å². The monoisotopic (exact) mass is 230 g/mol. The molecule has 2 rings (SSSR count). The normalized spacial score (nSPS) is 19.0. The maximum absolute atomic E-state index is 13.4. The van der Waals surface area contributed by atoms with E-state index in [4.69, 9.17) is 0 Å². The summed E-state index contributed by atoms with van der Waals surface area (Å²) in [5.74, 6) is -3.26. The second kappa shape index (κ2) is 4.45. The Hall–Kier alpha value is -1.03. The zero-order chi connectivity index (χ0) is 11.7. The van der Waals surface area contributed by atoms with Gasteiger partial charge in [0.15, 0.2) is 11.6 Å². The van der Waals surface area contributed by atoms with Gasteiger partial charge < -0.3 is 5.11 Å². The van der Waals surface area contributed by atoms with Crippen LogP contribution < -0.4 is 0 Å². The molecular formula is C12H13F3O. The summed E-state index contributed by atoms with van der Waals surface area (Å²) in [5, 5.41) is 9.89. The van der Waals surface area contributed by atoms with Crippen LogP contribution >= 0.6 is 0 Å². The topological polar surface area (TPSA) is 20.2 Å². The van der Waals surface area contributed by atoms with E-state index in [1.807, 2.05) is 0 Å². The first-order valence-electron chi connectivity index (χ1n) is 5.42. The fourth-order valence-electron chi connectivity index (χ4n) is 2.29. The summed E-state index contributed by atoms with van der Waals surface area (Å²) in [6, 6.07) is 1.25. The van der Waals surface area contributed by atoms with E-state index in [2.05, 4.69) is 0 Å². The Bertz CT molecular complexity index is 386. The maximum Gasteiger partial charge on any atom is 0.161 e. The molecule has 1 aliphatic carbocycles. The van der Waals surface area contributed by atoms with Gasteiger partial charge in [-0.3, -0.25) is 0 Å². The lowest BCUT2D eigenvalue weighted by Gasteiger charge is -2.18. The molecule has 0 amide bonds. The molecule has 0 aliphatic heterocycles. The maximum atomic E-state index is 13.4. The molecule has 16 heavy (non-hydrogen) atoms. The fourth-order valence-corrected chi connectivity index (χ4v) is 2.29. The molecule has 1 aliphatic rings. The number of hydrogen-bond acceptors (Lipinski definition) is 1. The molecule has 4 heteroatoms. The van der Waals surface area contributed by atoms with Crippen LogP contribution in [0.3, 0.4) is 0 Å². The Morgan fingerprint density at radius 2 is 1.56 bits per heavy atom. The summed E-state index contributed by atoms with van der Waals surface area (Å²) < 4.78 is 39.0. The number of aliphatic hydroxyl groups excluding tert-OH is 1. The minimum absolute atomic E-state index is 0.0423. The van der Waals surface area contributed by atoms with Crippen LogP contribution in [0.5, 0.6) is 0 Å². The third-order valence-electron chi connectivity index (χ3n) is 3.20. The summed E-state index contributed by atoms with van der Waals surface area (Å²) >= 11 is 0. The van der Waals surface area contributed by atoms with Gasteiger partial charge in [0.1, 0.15) is 5.82 Å². The first kappa shape index (κ1) is 11.5. The van der Waals surface area contributed by atoms with E-state index in [-0.39, 0.29) is 11.5 Å². The van der Waals surface area contributed by atoms with E-state index in [1.165, 1.54) is 0 Å². The van der Waals surface area contributed by atoms with Gasteiger partial charge in [-0.25, -0.2) is 13.2 Å². The lowest BCUT2D eigenvalue weighted by atomic mass is 9.94. The van der Waals surface area contributed by atoms with Crippen molar-refractivity contribution in [1.29, 1.82) is 0 Å². The van der Waals surface area contributed by atoms with Crippen LogP contribution in [0.25, 0.3) is 0 Å². The van der Waals surface area contributed by atoms with Crippen LogP contribution in [0.2, 0.25) is 0 Å². The standard InChI is InChI=1S/C12H13F3O/c13-9-6-11(15)10(14)5-8(9)12(16)7-3-1-2-4-7/h5-7,12,16H,1-4H2. The highest BCUT2D eigenvalue weighted by molar-refractivity contribution is 5.23. The van der Waals surface area contributed by atoms with Crippen molar-refractivity contribution < 1.29 is 18.3 Å². The molecule has 0 aromatic heterocycles. The first-order chi connectivity index (χ1) is 7.59. The Morgan fingerprint density at radius 1 is 1.00 bits per heavy atom. The van der Waals surface area contributed by atoms with Crippen LogP contribution in [0.4, 0.5) is 13.2 Å². The minimum Gasteiger partial charge on any atom is -0.388 e. The van der Waals surface area contributed by atoms with Crippen molar-refractivity contribution in [1.82, 2.24) is 0 Å². The highest BCUT2D eigenvalue weighted by atomic mass is 19.2. The van der Waals surface area contributed by atoms with E-state index in [1.54, 1.807) is 0 Å². The number of rotatable bonds is 2. The predicted molar refractivity (Wildman–Crippen MR) is 53.2 cm³/mol. The summed E-state index contributed by atoms with van der Waals surface area (Å²) in [4.78, 5) is 0. The lowest BCUT2D eigenvalue weighted by molar-refractivity contribution is 0.107. The van der Waals surface area contributed by atoms with Crippen LogP contribution in [0, 0.1) is 23.4 Å². The average Bonchev–Trinajstić information content (AvgIpc) is 2.75. The van der Waals surface area contributed by atoms with Crippen LogP contribution in [-0.2, 0) is 0 Å². The van der Waals surface area contributed by atoms with Crippen molar-refractivity contribution >= 4 is 0 Å². The number of benzene rings is 1. The largest absolute Gasteiger partial charge is 0.388 e. The molecule has 1 saturated carbocycles. The van der Waals surface area contributed by atoms with Gasteiger partial charge in [-0.1, -0.05) is 12.8 Å². The zero-order valence-corrected chi connectivity index (χ0v) is 8.72. The zero-order valence-electron chi connectivity index (χ0n) is 8.72. The fraction of sp³-hybridized carbons (Fsp3) is 0.500. The molecule has 0 heterocycles. The van der Waals surface area contributed by atoms with Gasteiger partial charge in [0.25, 0.3) is 0 Å². The van der Waals surface area contributed by atoms with Gasteiger partial charge in [0, 0.05) is 11.6 Å². The molecular weight excluding hydrogens is 217 g/mol. The number of aliphatic hydroxyl groups is 1. The smallest absolute Gasteiger partial charge is 0.161 e. The molecule has 1 atom stereocenters. The van der Waals surface area contributed by atoms with Crippen molar-refractivity contribution in [2.75, 3.05) is 0 Å². The molecule has 0 spiro atoms. The second-order valence-electron chi connectivity index (χ2n) is 4.28. The van der Waals surface area contributed by atoms with Gasteiger partial charge >= 0.3 is 0 Å². The van der Waals surface area contributed by atoms with Crippen molar-refractivity contribution in [3.8, 4) is 0 Å². The summed E-state index contributed by atoms with van der Waals surface area (Å²) in [6.45, 7) is 0. The van der Waals surface area contributed by atoms with Gasteiger partial charge in [-0.05, 0) is 24.8 Å². The molecule has 0 saturated heterocycles. The summed E-state index contributed by atoms with van der Waals surface area (Å²) in [7, 11) is 0. The van der Waals surface area contributed by atoms with Gasteiger partial charge in [0.2, 0.25) is 0 Å². The highest BCUT2D eigenvalue weighted by Crippen LogP contribution is 2.36. The van der Waals surface area contributed by atoms with Gasteiger partial charge in [0.05, 0.1) is 6.10 Å². The molecule has 1 nitrogen and oxygen atoms in total. The quantitative estimate of drug-likeness (QED) is 0.772. The summed E-state index contributed by atoms with van der Waals surface area (Å²) in [6.07, 6.45) is 2.57. The predicted octanol–water partition coefficient (Wildman–Crippen LogP) is 3.33. The molecule has 1 aromatic rings. The Balaban J connectivity index is 2.28. The SMILES string of the molecule is OC(c1cc(F)c(F)cc1F)C1CCCC1. The van der Waals surface area contributed by atoms with E-state index >= 15 is 0 Å². The second-order valence-corrected chi connectivity index (χ2v) is 4.28. The van der Waals surface area contributed by atoms with Crippen molar-refractivity contribution in [3.63, 3.8) is 0 Å². The van der Waals surface area contributed by atoms with Crippen LogP contribution in [0.1, 0.15) is 37.4 Å². The minimum atomic E-state index is -1.22. The van der Waals surface area contributed by atoms with E-state index < -0.39 is 23.6 Å². The van der Waals surface area contributed by atoms with Crippen LogP contribution in [0.15, 0.2) is 12.1 Å². The number of hydrogen-bond donors (Lipinski definition) is 1. The molecule has 88 valence electrons. The third-order valence-corrected chi connectivity index (χ3v) is 3.20. The van der Waals surface area contributed by atoms with E-state index in [9.17, 15) is 18.3 Å². The Labute approximate surface area is 91.9 Å². The lowest BCUT2D eigenvalue weighted by Crippen LogP contribution is -2.11. The molecule has 0 radical (unpaired) electrons. The first-order valence-corrected chi connectivity index (χ1v) is 5.42. The van der Waals surface area contributed by atoms with E-state index in [0.717, 1.165) is 31.7 Å².